The highest BCUT2D eigenvalue weighted by Crippen LogP contribution is 2.25. The zero-order valence-corrected chi connectivity index (χ0v) is 9.81. The monoisotopic (exact) mass is 247 g/mol. The van der Waals surface area contributed by atoms with Crippen LogP contribution in [0.3, 0.4) is 0 Å². The number of hydrogen-bond donors (Lipinski definition) is 1. The van der Waals surface area contributed by atoms with E-state index in [9.17, 15) is 4.79 Å². The summed E-state index contributed by atoms with van der Waals surface area (Å²) in [6.45, 7) is 1.89. The molecule has 0 radical (unpaired) electrons. The average Bonchev–Trinajstić information content (AvgIpc) is 2.32. The lowest BCUT2D eigenvalue weighted by atomic mass is 10.3. The summed E-state index contributed by atoms with van der Waals surface area (Å²) in [6.07, 6.45) is 4.90. The van der Waals surface area contributed by atoms with Crippen LogP contribution in [-0.2, 0) is 0 Å². The SMILES string of the molecule is Cc1cnc(Sc2ncccc2C(=O)O)nc1. The summed E-state index contributed by atoms with van der Waals surface area (Å²) in [6, 6.07) is 3.09. The fraction of sp³-hybridized carbons (Fsp3) is 0.0909. The molecule has 0 spiro atoms. The summed E-state index contributed by atoms with van der Waals surface area (Å²) >= 11 is 1.14. The summed E-state index contributed by atoms with van der Waals surface area (Å²) < 4.78 is 0. The van der Waals surface area contributed by atoms with Crippen molar-refractivity contribution in [2.45, 2.75) is 17.1 Å². The van der Waals surface area contributed by atoms with Crippen LogP contribution in [0.2, 0.25) is 0 Å². The zero-order chi connectivity index (χ0) is 12.3. The van der Waals surface area contributed by atoms with Crippen LogP contribution in [0, 0.1) is 6.92 Å². The Balaban J connectivity index is 2.30. The van der Waals surface area contributed by atoms with E-state index in [0.717, 1.165) is 17.3 Å². The van der Waals surface area contributed by atoms with Gasteiger partial charge >= 0.3 is 5.97 Å². The normalized spacial score (nSPS) is 10.2. The predicted octanol–water partition coefficient (Wildman–Crippen LogP) is 2.03. The maximum absolute atomic E-state index is 11.0. The van der Waals surface area contributed by atoms with Gasteiger partial charge in [0.1, 0.15) is 5.03 Å². The van der Waals surface area contributed by atoms with Crippen molar-refractivity contribution >= 4 is 17.7 Å². The van der Waals surface area contributed by atoms with Gasteiger partial charge in [0, 0.05) is 18.6 Å². The van der Waals surface area contributed by atoms with Crippen molar-refractivity contribution in [3.05, 3.63) is 41.9 Å². The van der Waals surface area contributed by atoms with Gasteiger partial charge in [-0.1, -0.05) is 0 Å². The van der Waals surface area contributed by atoms with E-state index in [4.69, 9.17) is 5.11 Å². The number of aromatic carboxylic acids is 1. The molecule has 0 aliphatic carbocycles. The van der Waals surface area contributed by atoms with E-state index in [-0.39, 0.29) is 5.56 Å². The molecule has 17 heavy (non-hydrogen) atoms. The number of rotatable bonds is 3. The largest absolute Gasteiger partial charge is 0.478 e. The number of carboxylic acids is 1. The van der Waals surface area contributed by atoms with E-state index in [1.165, 1.54) is 6.07 Å². The Kier molecular flexibility index (Phi) is 3.34. The summed E-state index contributed by atoms with van der Waals surface area (Å²) in [5.41, 5.74) is 1.11. The summed E-state index contributed by atoms with van der Waals surface area (Å²) in [7, 11) is 0. The molecule has 0 saturated carbocycles. The van der Waals surface area contributed by atoms with E-state index in [0.29, 0.717) is 10.2 Å². The standard InChI is InChI=1S/C11H9N3O2S/c1-7-5-13-11(14-6-7)17-9-8(10(15)16)3-2-4-12-9/h2-6H,1H3,(H,15,16). The van der Waals surface area contributed by atoms with Crippen molar-refractivity contribution in [2.75, 3.05) is 0 Å². The third kappa shape index (κ3) is 2.79. The first-order valence-corrected chi connectivity index (χ1v) is 5.63. The first-order chi connectivity index (χ1) is 8.16. The zero-order valence-electron chi connectivity index (χ0n) is 8.99. The fourth-order valence-electron chi connectivity index (χ4n) is 1.15. The van der Waals surface area contributed by atoms with E-state index in [2.05, 4.69) is 15.0 Å². The smallest absolute Gasteiger partial charge is 0.338 e. The van der Waals surface area contributed by atoms with Gasteiger partial charge in [0.25, 0.3) is 0 Å². The number of pyridine rings is 1. The van der Waals surface area contributed by atoms with E-state index < -0.39 is 5.97 Å². The first-order valence-electron chi connectivity index (χ1n) is 4.81. The lowest BCUT2D eigenvalue weighted by Crippen LogP contribution is -2.00. The van der Waals surface area contributed by atoms with Gasteiger partial charge in [-0.3, -0.25) is 0 Å². The van der Waals surface area contributed by atoms with Crippen molar-refractivity contribution in [3.8, 4) is 0 Å². The lowest BCUT2D eigenvalue weighted by molar-refractivity contribution is 0.0692. The molecular weight excluding hydrogens is 238 g/mol. The van der Waals surface area contributed by atoms with Gasteiger partial charge in [0.2, 0.25) is 0 Å². The van der Waals surface area contributed by atoms with Crippen molar-refractivity contribution in [3.63, 3.8) is 0 Å². The van der Waals surface area contributed by atoms with Crippen LogP contribution in [0.4, 0.5) is 0 Å². The first kappa shape index (κ1) is 11.5. The quantitative estimate of drug-likeness (QED) is 0.836. The van der Waals surface area contributed by atoms with Crippen molar-refractivity contribution < 1.29 is 9.90 Å². The van der Waals surface area contributed by atoms with Crippen LogP contribution in [0.1, 0.15) is 15.9 Å². The molecule has 0 aromatic carbocycles. The molecule has 2 aromatic rings. The van der Waals surface area contributed by atoms with Crippen LogP contribution in [0.25, 0.3) is 0 Å². The Hall–Kier alpha value is -1.95. The minimum Gasteiger partial charge on any atom is -0.478 e. The Morgan fingerprint density at radius 1 is 1.29 bits per heavy atom. The Morgan fingerprint density at radius 2 is 2.00 bits per heavy atom. The fourth-order valence-corrected chi connectivity index (χ4v) is 1.92. The summed E-state index contributed by atoms with van der Waals surface area (Å²) in [4.78, 5) is 23.2. The molecule has 0 bridgehead atoms. The maximum atomic E-state index is 11.0. The second-order valence-corrected chi connectivity index (χ2v) is 4.26. The van der Waals surface area contributed by atoms with Crippen molar-refractivity contribution in [1.29, 1.82) is 0 Å². The minimum absolute atomic E-state index is 0.154. The molecule has 2 heterocycles. The number of nitrogens with zero attached hydrogens (tertiary/aromatic N) is 3. The Morgan fingerprint density at radius 3 is 2.65 bits per heavy atom. The van der Waals surface area contributed by atoms with Crippen molar-refractivity contribution in [2.24, 2.45) is 0 Å². The highest BCUT2D eigenvalue weighted by atomic mass is 32.2. The number of aryl methyl sites for hydroxylation is 1. The highest BCUT2D eigenvalue weighted by Gasteiger charge is 2.12. The third-order valence-corrected chi connectivity index (χ3v) is 2.86. The van der Waals surface area contributed by atoms with Gasteiger partial charge < -0.3 is 5.11 Å². The number of carboxylic acid groups (broad SMARTS) is 1. The molecule has 0 atom stereocenters. The van der Waals surface area contributed by atoms with Gasteiger partial charge in [-0.25, -0.2) is 19.7 Å². The molecule has 0 unspecified atom stereocenters. The molecule has 0 saturated heterocycles. The molecule has 5 nitrogen and oxygen atoms in total. The molecular formula is C11H9N3O2S. The van der Waals surface area contributed by atoms with Gasteiger partial charge in [-0.2, -0.15) is 0 Å². The number of carbonyl (C=O) groups is 1. The second-order valence-electron chi connectivity index (χ2n) is 3.31. The van der Waals surface area contributed by atoms with Crippen LogP contribution < -0.4 is 0 Å². The molecule has 86 valence electrons. The molecule has 6 heteroatoms. The van der Waals surface area contributed by atoms with E-state index >= 15 is 0 Å². The Bertz CT molecular complexity index is 543. The van der Waals surface area contributed by atoms with E-state index in [1.807, 2.05) is 6.92 Å². The van der Waals surface area contributed by atoms with Crippen molar-refractivity contribution in [1.82, 2.24) is 15.0 Å². The van der Waals surface area contributed by atoms with Gasteiger partial charge in [-0.05, 0) is 36.4 Å². The van der Waals surface area contributed by atoms with Gasteiger partial charge in [0.05, 0.1) is 5.56 Å². The van der Waals surface area contributed by atoms with Crippen LogP contribution in [0.15, 0.2) is 40.9 Å². The predicted molar refractivity (Wildman–Crippen MR) is 62.1 cm³/mol. The molecule has 2 rings (SSSR count). The van der Waals surface area contributed by atoms with Crippen LogP contribution in [-0.4, -0.2) is 26.0 Å². The molecule has 0 amide bonds. The summed E-state index contributed by atoms with van der Waals surface area (Å²) in [5.74, 6) is -1.01. The van der Waals surface area contributed by atoms with E-state index in [1.54, 1.807) is 24.7 Å². The minimum atomic E-state index is -1.01. The second kappa shape index (κ2) is 4.92. The molecule has 2 aromatic heterocycles. The highest BCUT2D eigenvalue weighted by molar-refractivity contribution is 7.99. The number of hydrogen-bond acceptors (Lipinski definition) is 5. The summed E-state index contributed by atoms with van der Waals surface area (Å²) in [5, 5.41) is 9.87. The average molecular weight is 247 g/mol. The third-order valence-electron chi connectivity index (χ3n) is 1.95. The van der Waals surface area contributed by atoms with Crippen LogP contribution >= 0.6 is 11.8 Å². The topological polar surface area (TPSA) is 76.0 Å². The van der Waals surface area contributed by atoms with Gasteiger partial charge in [0.15, 0.2) is 5.16 Å². The Labute approximate surface area is 102 Å². The molecule has 0 fully saturated rings. The molecule has 0 aliphatic heterocycles. The molecule has 1 N–H and O–H groups in total. The molecule has 0 aliphatic rings. The lowest BCUT2D eigenvalue weighted by Gasteiger charge is -2.02. The number of aromatic nitrogens is 3. The van der Waals surface area contributed by atoms with Gasteiger partial charge in [-0.15, -0.1) is 0 Å². The maximum Gasteiger partial charge on any atom is 0.338 e. The van der Waals surface area contributed by atoms with Crippen LogP contribution in [0.5, 0.6) is 0 Å².